The van der Waals surface area contributed by atoms with Crippen LogP contribution in [0.25, 0.3) is 0 Å². The Morgan fingerprint density at radius 3 is 1.37 bits per heavy atom. The van der Waals surface area contributed by atoms with Crippen LogP contribution in [0.15, 0.2) is 72.9 Å². The summed E-state index contributed by atoms with van der Waals surface area (Å²) in [6.45, 7) is 24.7. The van der Waals surface area contributed by atoms with Crippen molar-refractivity contribution in [3.05, 3.63) is 72.9 Å². The minimum atomic E-state index is -1.28. The van der Waals surface area contributed by atoms with Gasteiger partial charge in [-0.25, -0.2) is 0 Å². The van der Waals surface area contributed by atoms with Gasteiger partial charge in [0.2, 0.25) is 0 Å². The number of carbonyl (C=O) groups is 3. The quantitative estimate of drug-likeness (QED) is 0.0423. The number of aliphatic hydroxyl groups excluding tert-OH is 9. The Balaban J connectivity index is -0.000000207. The van der Waals surface area contributed by atoms with Gasteiger partial charge in [-0.2, -0.15) is 0 Å². The zero-order valence-corrected chi connectivity index (χ0v) is 39.8. The van der Waals surface area contributed by atoms with Crippen molar-refractivity contribution in [3.8, 4) is 23.7 Å². The molecular weight excluding hydrogens is 817 g/mol. The SMILES string of the molecule is C/C=C/C=O.C/C=C\C(=O)C(O)C(C)O.C/C=C\C(=O)C1OC1C.C/C=C\C(O)C(O)C(C)O.C/C=C\C(O)C1OC1C.CC#CC(O)/C=C/C.CC#CC(O)C1OC1C.CCO. The van der Waals surface area contributed by atoms with Gasteiger partial charge in [0, 0.05) is 6.61 Å². The lowest BCUT2D eigenvalue weighted by Crippen LogP contribution is -2.33. The van der Waals surface area contributed by atoms with Crippen LogP contribution in [0.1, 0.15) is 96.9 Å². The summed E-state index contributed by atoms with van der Waals surface area (Å²) in [6, 6.07) is 0. The van der Waals surface area contributed by atoms with Crippen molar-refractivity contribution in [2.45, 2.75) is 182 Å². The van der Waals surface area contributed by atoms with Crippen molar-refractivity contribution < 1.29 is 74.6 Å². The monoisotopic (exact) mass is 897 g/mol. The Hall–Kier alpha value is -3.91. The molecular formula is C48H80O15. The van der Waals surface area contributed by atoms with Gasteiger partial charge in [0.15, 0.2) is 11.6 Å². The average molecular weight is 897 g/mol. The Morgan fingerprint density at radius 1 is 0.635 bits per heavy atom. The summed E-state index contributed by atoms with van der Waals surface area (Å²) >= 11 is 0. The first-order valence-electron chi connectivity index (χ1n) is 20.7. The number of ketones is 2. The second kappa shape index (κ2) is 44.7. The van der Waals surface area contributed by atoms with Gasteiger partial charge in [-0.15, -0.1) is 11.8 Å². The third kappa shape index (κ3) is 43.1. The maximum Gasteiger partial charge on any atom is 0.186 e. The highest BCUT2D eigenvalue weighted by molar-refractivity contribution is 5.95. The van der Waals surface area contributed by atoms with E-state index in [1.165, 1.54) is 38.2 Å². The summed E-state index contributed by atoms with van der Waals surface area (Å²) in [5.74, 6) is 10.0. The van der Waals surface area contributed by atoms with E-state index in [1.807, 2.05) is 47.6 Å². The number of ether oxygens (including phenoxy) is 3. The van der Waals surface area contributed by atoms with Crippen molar-refractivity contribution >= 4 is 17.9 Å². The van der Waals surface area contributed by atoms with Crippen LogP contribution in [0.3, 0.4) is 0 Å². The van der Waals surface area contributed by atoms with E-state index in [0.29, 0.717) is 0 Å². The number of hydrogen-bond acceptors (Lipinski definition) is 15. The fourth-order valence-corrected chi connectivity index (χ4v) is 3.93. The van der Waals surface area contributed by atoms with E-state index >= 15 is 0 Å². The second-order valence-electron chi connectivity index (χ2n) is 13.3. The molecule has 0 spiro atoms. The molecule has 9 N–H and O–H groups in total. The van der Waals surface area contributed by atoms with E-state index in [2.05, 4.69) is 23.7 Å². The molecule has 3 heterocycles. The van der Waals surface area contributed by atoms with Crippen molar-refractivity contribution in [1.82, 2.24) is 0 Å². The van der Waals surface area contributed by atoms with Crippen molar-refractivity contribution in [1.29, 1.82) is 0 Å². The van der Waals surface area contributed by atoms with E-state index < -0.39 is 54.6 Å². The van der Waals surface area contributed by atoms with Gasteiger partial charge in [-0.3, -0.25) is 14.4 Å². The van der Waals surface area contributed by atoms with Crippen LogP contribution in [0, 0.1) is 23.7 Å². The highest BCUT2D eigenvalue weighted by Gasteiger charge is 2.40. The highest BCUT2D eigenvalue weighted by atomic mass is 16.6. The molecule has 63 heavy (non-hydrogen) atoms. The number of hydrogen-bond donors (Lipinski definition) is 9. The van der Waals surface area contributed by atoms with Gasteiger partial charge in [-0.05, 0) is 121 Å². The molecule has 3 rings (SSSR count). The van der Waals surface area contributed by atoms with E-state index in [9.17, 15) is 14.4 Å². The Kier molecular flexibility index (Phi) is 48.3. The van der Waals surface area contributed by atoms with Crippen molar-refractivity contribution in [2.24, 2.45) is 0 Å². The molecule has 3 fully saturated rings. The van der Waals surface area contributed by atoms with Gasteiger partial charge in [-0.1, -0.05) is 60.4 Å². The Morgan fingerprint density at radius 2 is 1.08 bits per heavy atom. The third-order valence-corrected chi connectivity index (χ3v) is 7.42. The zero-order chi connectivity index (χ0) is 50.1. The molecule has 3 aliphatic heterocycles. The number of rotatable bonds is 13. The number of aldehydes is 1. The number of carbonyl (C=O) groups excluding carboxylic acids is 3. The van der Waals surface area contributed by atoms with Crippen LogP contribution in [0.5, 0.6) is 0 Å². The molecule has 0 amide bonds. The minimum Gasteiger partial charge on any atom is -0.397 e. The summed E-state index contributed by atoms with van der Waals surface area (Å²) in [5, 5.41) is 78.9. The lowest BCUT2D eigenvalue weighted by molar-refractivity contribution is -0.127. The maximum absolute atomic E-state index is 10.8. The number of epoxide rings is 3. The smallest absolute Gasteiger partial charge is 0.186 e. The van der Waals surface area contributed by atoms with Crippen molar-refractivity contribution in [3.63, 3.8) is 0 Å². The Bertz CT molecular complexity index is 1460. The van der Waals surface area contributed by atoms with Gasteiger partial charge < -0.3 is 60.2 Å². The van der Waals surface area contributed by atoms with Gasteiger partial charge in [0.1, 0.15) is 61.2 Å². The van der Waals surface area contributed by atoms with E-state index in [1.54, 1.807) is 84.1 Å². The summed E-state index contributed by atoms with van der Waals surface area (Å²) in [5.41, 5.74) is 0. The molecule has 3 aliphatic rings. The molecule has 0 aliphatic carbocycles. The fourth-order valence-electron chi connectivity index (χ4n) is 3.93. The number of aliphatic hydroxyl groups is 9. The molecule has 0 saturated carbocycles. The molecule has 14 unspecified atom stereocenters. The molecule has 0 aromatic carbocycles. The van der Waals surface area contributed by atoms with Crippen molar-refractivity contribution in [2.75, 3.05) is 6.61 Å². The fraction of sp³-hybridized carbons (Fsp3) is 0.604. The van der Waals surface area contributed by atoms with Gasteiger partial charge in [0.25, 0.3) is 0 Å². The second-order valence-corrected chi connectivity index (χ2v) is 13.3. The molecule has 0 bridgehead atoms. The van der Waals surface area contributed by atoms with Gasteiger partial charge in [0.05, 0.1) is 30.5 Å². The van der Waals surface area contributed by atoms with Crippen LogP contribution < -0.4 is 0 Å². The molecule has 362 valence electrons. The average Bonchev–Trinajstić information content (AvgIpc) is 4.17. The van der Waals surface area contributed by atoms with E-state index in [0.717, 1.165) is 6.29 Å². The molecule has 0 radical (unpaired) electrons. The first-order valence-corrected chi connectivity index (χ1v) is 20.7. The minimum absolute atomic E-state index is 0.0301. The normalized spacial score (nSPS) is 23.7. The summed E-state index contributed by atoms with van der Waals surface area (Å²) in [4.78, 5) is 30.8. The standard InChI is InChI=1S/C7H14O3.C7H12O3.C7H12O2.2C7H10O2.C7H10O.C4H6O.C2H6O/c2*1-3-4-6(9)7(10)5(2)8;3*1-3-4-6(8)7-5(2)9-7;1-3-5-7(8)6-4-2;1-2-3-4-5;1-2-3/h3-10H,1-2H3;3-5,7-8,10H,1-2H3;3-8H,1-2H3;5-8H,1-2H3;3-5,7H,1-2H3;3,5,7-8H,1-2H3;2-4H,1H3;3H,2H2,1H3/b3*4-3-;;4-3-;5-3+;3-2+;. The molecule has 3 saturated heterocycles. The molecule has 15 nitrogen and oxygen atoms in total. The van der Waals surface area contributed by atoms with Crippen LogP contribution in [0.4, 0.5) is 0 Å². The Labute approximate surface area is 377 Å². The van der Waals surface area contributed by atoms with E-state index in [-0.39, 0.29) is 49.0 Å². The van der Waals surface area contributed by atoms with E-state index in [4.69, 9.17) is 60.2 Å². The van der Waals surface area contributed by atoms with Crippen LogP contribution >= 0.6 is 0 Å². The molecule has 0 aromatic rings. The number of allylic oxidation sites excluding steroid dienone is 7. The van der Waals surface area contributed by atoms with Crippen LogP contribution in [-0.4, -0.2) is 156 Å². The van der Waals surface area contributed by atoms with Crippen LogP contribution in [0.2, 0.25) is 0 Å². The largest absolute Gasteiger partial charge is 0.397 e. The molecule has 15 heteroatoms. The van der Waals surface area contributed by atoms with Crippen LogP contribution in [-0.2, 0) is 28.6 Å². The summed E-state index contributed by atoms with van der Waals surface area (Å²) < 4.78 is 14.9. The summed E-state index contributed by atoms with van der Waals surface area (Å²) in [7, 11) is 0. The first-order chi connectivity index (χ1) is 29.6. The zero-order valence-electron chi connectivity index (χ0n) is 39.8. The predicted octanol–water partition coefficient (Wildman–Crippen LogP) is 3.03. The maximum atomic E-state index is 10.8. The molecule has 0 aromatic heterocycles. The third-order valence-electron chi connectivity index (χ3n) is 7.42. The van der Waals surface area contributed by atoms with Gasteiger partial charge >= 0.3 is 0 Å². The molecule has 14 atom stereocenters. The lowest BCUT2D eigenvalue weighted by atomic mass is 10.1. The highest BCUT2D eigenvalue weighted by Crippen LogP contribution is 2.25. The first kappa shape index (κ1) is 68.2. The predicted molar refractivity (Wildman–Crippen MR) is 247 cm³/mol. The lowest BCUT2D eigenvalue weighted by Gasteiger charge is -2.16. The topological polar surface area (TPSA) is 271 Å². The summed E-state index contributed by atoms with van der Waals surface area (Å²) in [6.07, 6.45) is 13.6.